The van der Waals surface area contributed by atoms with E-state index in [4.69, 9.17) is 9.41 Å². The molecule has 0 saturated carbocycles. The van der Waals surface area contributed by atoms with Gasteiger partial charge in [0.05, 0.1) is 18.8 Å². The summed E-state index contributed by atoms with van der Waals surface area (Å²) in [5.41, 5.74) is 1.33. The van der Waals surface area contributed by atoms with Gasteiger partial charge in [0.2, 0.25) is 0 Å². The molecule has 0 radical (unpaired) electrons. The van der Waals surface area contributed by atoms with Gasteiger partial charge in [-0.3, -0.25) is 14.6 Å². The van der Waals surface area contributed by atoms with Gasteiger partial charge in [-0.05, 0) is 63.9 Å². The molecular weight excluding hydrogens is 491 g/mol. The van der Waals surface area contributed by atoms with Crippen molar-refractivity contribution in [3.63, 3.8) is 0 Å². The second kappa shape index (κ2) is 10.7. The van der Waals surface area contributed by atoms with Crippen LogP contribution in [0.15, 0.2) is 33.9 Å². The Morgan fingerprint density at radius 3 is 2.73 bits per heavy atom. The summed E-state index contributed by atoms with van der Waals surface area (Å²) in [5, 5.41) is 7.85. The van der Waals surface area contributed by atoms with Gasteiger partial charge in [-0.1, -0.05) is 0 Å². The number of aryl methyl sites for hydroxylation is 2. The fraction of sp³-hybridized carbons (Fsp3) is 0.636. The van der Waals surface area contributed by atoms with Crippen molar-refractivity contribution in [1.29, 1.82) is 0 Å². The zero-order chi connectivity index (χ0) is 20.2. The summed E-state index contributed by atoms with van der Waals surface area (Å²) >= 11 is 0. The number of likely N-dealkylation sites (tertiary alicyclic amines) is 2. The molecule has 2 aliphatic rings. The van der Waals surface area contributed by atoms with E-state index in [0.717, 1.165) is 63.2 Å². The van der Waals surface area contributed by atoms with E-state index in [1.165, 1.54) is 18.4 Å². The average molecular weight is 526 g/mol. The maximum atomic E-state index is 6.00. The highest BCUT2D eigenvalue weighted by Crippen LogP contribution is 2.29. The Balaban J connectivity index is 0.00000256. The predicted molar refractivity (Wildman–Crippen MR) is 131 cm³/mol. The van der Waals surface area contributed by atoms with Crippen molar-refractivity contribution in [2.75, 3.05) is 39.3 Å². The summed E-state index contributed by atoms with van der Waals surface area (Å²) in [4.78, 5) is 9.99. The van der Waals surface area contributed by atoms with Crippen LogP contribution in [0.1, 0.15) is 55.2 Å². The van der Waals surface area contributed by atoms with Crippen molar-refractivity contribution >= 4 is 29.9 Å². The quantitative estimate of drug-likeness (QED) is 0.355. The van der Waals surface area contributed by atoms with Crippen LogP contribution in [0.2, 0.25) is 0 Å². The monoisotopic (exact) mass is 526 g/mol. The number of halogens is 1. The molecule has 2 aromatic rings. The standard InChI is InChI=1S/C22H34N6O.HI/c1-4-23-22(28-12-9-18(16-28)19-13-25-26(3)15-19)24-14-20(27-10-5-6-11-27)21-8-7-17(2)29-21;/h7-8,13,15,18,20H,4-6,9-12,14,16H2,1-3H3,(H,23,24);1H. The molecule has 1 N–H and O–H groups in total. The first-order valence-electron chi connectivity index (χ1n) is 11.0. The number of nitrogens with zero attached hydrogens (tertiary/aromatic N) is 5. The lowest BCUT2D eigenvalue weighted by atomic mass is 10.0. The number of guanidine groups is 1. The summed E-state index contributed by atoms with van der Waals surface area (Å²) < 4.78 is 7.89. The van der Waals surface area contributed by atoms with Crippen LogP contribution < -0.4 is 5.32 Å². The van der Waals surface area contributed by atoms with Crippen molar-refractivity contribution in [3.05, 3.63) is 41.6 Å². The third-order valence-electron chi connectivity index (χ3n) is 6.10. The maximum absolute atomic E-state index is 6.00. The number of aromatic nitrogens is 2. The van der Waals surface area contributed by atoms with Crippen molar-refractivity contribution < 1.29 is 4.42 Å². The number of hydrogen-bond acceptors (Lipinski definition) is 4. The molecule has 4 heterocycles. The first-order valence-corrected chi connectivity index (χ1v) is 11.0. The summed E-state index contributed by atoms with van der Waals surface area (Å²) in [6.45, 7) is 10.0. The Hall–Kier alpha value is -1.55. The van der Waals surface area contributed by atoms with Gasteiger partial charge >= 0.3 is 0 Å². The molecular formula is C22H35IN6O. The SMILES string of the molecule is CCNC(=NCC(c1ccc(C)o1)N1CCCC1)N1CCC(c2cnn(C)c2)C1.I. The van der Waals surface area contributed by atoms with Crippen LogP contribution in [0, 0.1) is 6.92 Å². The molecule has 2 fully saturated rings. The summed E-state index contributed by atoms with van der Waals surface area (Å²) in [6.07, 6.45) is 7.81. The molecule has 8 heteroatoms. The van der Waals surface area contributed by atoms with Crippen LogP contribution in [-0.2, 0) is 7.05 Å². The topological polar surface area (TPSA) is 61.8 Å². The molecule has 2 atom stereocenters. The Morgan fingerprint density at radius 2 is 2.10 bits per heavy atom. The van der Waals surface area contributed by atoms with E-state index < -0.39 is 0 Å². The minimum Gasteiger partial charge on any atom is -0.465 e. The molecule has 30 heavy (non-hydrogen) atoms. The molecule has 2 unspecified atom stereocenters. The van der Waals surface area contributed by atoms with Crippen molar-refractivity contribution in [2.24, 2.45) is 12.0 Å². The van der Waals surface area contributed by atoms with Crippen molar-refractivity contribution in [1.82, 2.24) is 24.9 Å². The zero-order valence-corrected chi connectivity index (χ0v) is 20.7. The van der Waals surface area contributed by atoms with E-state index in [1.807, 2.05) is 24.9 Å². The first kappa shape index (κ1) is 23.1. The molecule has 7 nitrogen and oxygen atoms in total. The Kier molecular flexibility index (Phi) is 8.21. The second-order valence-electron chi connectivity index (χ2n) is 8.28. The minimum atomic E-state index is 0. The lowest BCUT2D eigenvalue weighted by molar-refractivity contribution is 0.218. The second-order valence-corrected chi connectivity index (χ2v) is 8.28. The highest BCUT2D eigenvalue weighted by molar-refractivity contribution is 14.0. The third-order valence-corrected chi connectivity index (χ3v) is 6.10. The third kappa shape index (κ3) is 5.38. The molecule has 0 bridgehead atoms. The highest BCUT2D eigenvalue weighted by Gasteiger charge is 2.29. The normalized spacial score (nSPS) is 21.1. The van der Waals surface area contributed by atoms with Crippen LogP contribution in [0.3, 0.4) is 0 Å². The van der Waals surface area contributed by atoms with Crippen LogP contribution in [0.5, 0.6) is 0 Å². The zero-order valence-electron chi connectivity index (χ0n) is 18.4. The molecule has 0 spiro atoms. The lowest BCUT2D eigenvalue weighted by Crippen LogP contribution is -2.40. The molecule has 2 aliphatic heterocycles. The van der Waals surface area contributed by atoms with E-state index in [-0.39, 0.29) is 30.0 Å². The first-order chi connectivity index (χ1) is 14.1. The summed E-state index contributed by atoms with van der Waals surface area (Å²) in [7, 11) is 1.98. The molecule has 166 valence electrons. The maximum Gasteiger partial charge on any atom is 0.194 e. The van der Waals surface area contributed by atoms with Gasteiger partial charge in [0, 0.05) is 38.8 Å². The van der Waals surface area contributed by atoms with Crippen LogP contribution in [0.25, 0.3) is 0 Å². The molecule has 0 amide bonds. The average Bonchev–Trinajstić information content (AvgIpc) is 3.49. The molecule has 4 rings (SSSR count). The number of nitrogens with one attached hydrogen (secondary N) is 1. The van der Waals surface area contributed by atoms with E-state index >= 15 is 0 Å². The van der Waals surface area contributed by atoms with Gasteiger partial charge in [-0.25, -0.2) is 0 Å². The fourth-order valence-corrected chi connectivity index (χ4v) is 4.55. The summed E-state index contributed by atoms with van der Waals surface area (Å²) in [5.74, 6) is 3.55. The van der Waals surface area contributed by atoms with Gasteiger partial charge in [0.25, 0.3) is 0 Å². The van der Waals surface area contributed by atoms with Gasteiger partial charge in [-0.2, -0.15) is 5.10 Å². The molecule has 0 aliphatic carbocycles. The lowest BCUT2D eigenvalue weighted by Gasteiger charge is -2.26. The van der Waals surface area contributed by atoms with Crippen molar-refractivity contribution in [2.45, 2.75) is 45.1 Å². The van der Waals surface area contributed by atoms with Gasteiger partial charge < -0.3 is 14.6 Å². The highest BCUT2D eigenvalue weighted by atomic mass is 127. The van der Waals surface area contributed by atoms with Crippen LogP contribution in [-0.4, -0.2) is 64.8 Å². The van der Waals surface area contributed by atoms with Gasteiger partial charge in [0.1, 0.15) is 11.5 Å². The van der Waals surface area contributed by atoms with E-state index in [0.29, 0.717) is 5.92 Å². The Labute approximate surface area is 196 Å². The smallest absolute Gasteiger partial charge is 0.194 e. The fourth-order valence-electron chi connectivity index (χ4n) is 4.55. The molecule has 2 saturated heterocycles. The molecule has 2 aromatic heterocycles. The van der Waals surface area contributed by atoms with Gasteiger partial charge in [0.15, 0.2) is 5.96 Å². The Morgan fingerprint density at radius 1 is 1.30 bits per heavy atom. The van der Waals surface area contributed by atoms with Crippen LogP contribution >= 0.6 is 24.0 Å². The van der Waals surface area contributed by atoms with Crippen LogP contribution in [0.4, 0.5) is 0 Å². The minimum absolute atomic E-state index is 0. The van der Waals surface area contributed by atoms with E-state index in [1.54, 1.807) is 0 Å². The number of rotatable bonds is 6. The number of furan rings is 1. The molecule has 0 aromatic carbocycles. The van der Waals surface area contributed by atoms with E-state index in [9.17, 15) is 0 Å². The largest absolute Gasteiger partial charge is 0.465 e. The number of aliphatic imine (C=N–C) groups is 1. The van der Waals surface area contributed by atoms with E-state index in [2.05, 4.69) is 45.5 Å². The Bertz CT molecular complexity index is 825. The van der Waals surface area contributed by atoms with Gasteiger partial charge in [-0.15, -0.1) is 24.0 Å². The van der Waals surface area contributed by atoms with Crippen molar-refractivity contribution in [3.8, 4) is 0 Å². The summed E-state index contributed by atoms with van der Waals surface area (Å²) in [6, 6.07) is 4.40. The predicted octanol–water partition coefficient (Wildman–Crippen LogP) is 3.53. The number of hydrogen-bond donors (Lipinski definition) is 1.